The molecule has 9 rings (SSSR count). The first-order valence-corrected chi connectivity index (χ1v) is 26.5. The molecule has 0 amide bonds. The maximum absolute atomic E-state index is 11.4. The quantitative estimate of drug-likeness (QED) is 0.0230. The van der Waals surface area contributed by atoms with Gasteiger partial charge in [-0.05, 0) is 95.6 Å². The van der Waals surface area contributed by atoms with Crippen LogP contribution in [0, 0.1) is 0 Å². The van der Waals surface area contributed by atoms with Crippen molar-refractivity contribution in [2.75, 3.05) is 0 Å². The fourth-order valence-corrected chi connectivity index (χ4v) is 8.73. The summed E-state index contributed by atoms with van der Waals surface area (Å²) < 4.78 is 132. The van der Waals surface area contributed by atoms with Gasteiger partial charge in [0.2, 0.25) is 11.6 Å². The number of rotatable bonds is 15. The monoisotopic (exact) mass is 1210 g/mol. The van der Waals surface area contributed by atoms with Gasteiger partial charge in [0.25, 0.3) is 0 Å². The van der Waals surface area contributed by atoms with Gasteiger partial charge in [0, 0.05) is 39.5 Å². The van der Waals surface area contributed by atoms with Gasteiger partial charge in [0.05, 0.1) is 38.6 Å². The minimum atomic E-state index is -4.71. The molecule has 5 aromatic carbocycles. The maximum atomic E-state index is 11.4. The Morgan fingerprint density at radius 3 is 1.44 bits per heavy atom. The first-order chi connectivity index (χ1) is 35.3. The molecule has 79 heavy (non-hydrogen) atoms. The number of aromatic nitrogens is 8. The molecule has 0 saturated carbocycles. The van der Waals surface area contributed by atoms with E-state index in [1.165, 1.54) is 73.1 Å². The Balaban J connectivity index is 0.000000403. The molecule has 0 radical (unpaired) electrons. The van der Waals surface area contributed by atoms with E-state index in [2.05, 4.69) is 53.9 Å². The molecule has 0 aliphatic heterocycles. The fourth-order valence-electron chi connectivity index (χ4n) is 6.70. The Kier molecular flexibility index (Phi) is 28.4. The van der Waals surface area contributed by atoms with Crippen LogP contribution in [0.4, 0.5) is 0 Å². The Hall–Kier alpha value is -2.71. The molecule has 0 aliphatic carbocycles. The second-order valence-electron chi connectivity index (χ2n) is 14.9. The van der Waals surface area contributed by atoms with E-state index in [-0.39, 0.29) is 176 Å². The van der Waals surface area contributed by atoms with E-state index in [1.807, 2.05) is 0 Å². The first-order valence-electron chi connectivity index (χ1n) is 20.5. The smallest absolute Gasteiger partial charge is 0.744 e. The minimum Gasteiger partial charge on any atom is -0.744 e. The van der Waals surface area contributed by atoms with Crippen molar-refractivity contribution in [3.8, 4) is 84.8 Å². The standard InChI is InChI=1S/C26H18N4O9S3.C20H14N4O6S2.5Na/c31-40(32)39-20-7-1-16(2-8-20)19-13-14-27-23(15-19)26-28-24(17-3-9-21(10-4-17)41(33,34)35)25(29-30-26)18-5-11-22(12-6-18)42(36,37)38;25-29-30-31-16-6-1-14(2-7-16)19-12-22-24-20(23-19)18-10-5-15(11-21-18)13-3-8-17(9-4-13)32(26,27)28;;;;;/h1-15H,(H,31,32)(H,33,34,35)(H,36,37,38);1-12,25H,(H,26,27,28);;;;;/q;;5*+1/p-5. The number of hydrogen-bond acceptors (Lipinski definition) is 24. The second kappa shape index (κ2) is 31.8. The molecule has 9 aromatic rings. The van der Waals surface area contributed by atoms with Crippen LogP contribution in [0.25, 0.3) is 79.1 Å². The summed E-state index contributed by atoms with van der Waals surface area (Å²) in [5.41, 5.74) is 6.06. The molecular weight excluding hydrogens is 1180 g/mol. The van der Waals surface area contributed by atoms with Crippen molar-refractivity contribution < 1.29 is 214 Å². The molecule has 0 bridgehead atoms. The van der Waals surface area contributed by atoms with Crippen LogP contribution in [0.15, 0.2) is 184 Å². The molecular formula is C46H27N8Na5O15S5. The summed E-state index contributed by atoms with van der Waals surface area (Å²) in [6.45, 7) is 0. The summed E-state index contributed by atoms with van der Waals surface area (Å²) >= 11 is -1.92. The van der Waals surface area contributed by atoms with Crippen molar-refractivity contribution in [3.05, 3.63) is 164 Å². The molecule has 0 aliphatic rings. The molecule has 0 spiro atoms. The van der Waals surface area contributed by atoms with Gasteiger partial charge in [0.15, 0.2) is 0 Å². The van der Waals surface area contributed by atoms with Gasteiger partial charge in [-0.15, -0.1) is 15.3 Å². The Morgan fingerprint density at radius 1 is 0.456 bits per heavy atom. The van der Waals surface area contributed by atoms with E-state index >= 15 is 0 Å². The second-order valence-corrected chi connectivity index (χ2v) is 20.3. The van der Waals surface area contributed by atoms with E-state index < -0.39 is 51.5 Å². The summed E-state index contributed by atoms with van der Waals surface area (Å²) in [4.78, 5) is 17.3. The van der Waals surface area contributed by atoms with Gasteiger partial charge < -0.3 is 27.7 Å². The average Bonchev–Trinajstić information content (AvgIpc) is 3.40. The van der Waals surface area contributed by atoms with Crippen LogP contribution in [0.5, 0.6) is 5.75 Å². The molecule has 0 N–H and O–H groups in total. The first kappa shape index (κ1) is 70.6. The molecule has 1 atom stereocenters. The Morgan fingerprint density at radius 2 is 0.937 bits per heavy atom. The maximum Gasteiger partial charge on any atom is 1.00 e. The Labute approximate surface area is 568 Å². The van der Waals surface area contributed by atoms with Gasteiger partial charge in [-0.1, -0.05) is 66.7 Å². The molecule has 4 heterocycles. The number of hydrogen-bond donors (Lipinski definition) is 0. The third-order valence-corrected chi connectivity index (χ3v) is 13.7. The normalized spacial score (nSPS) is 11.3. The van der Waals surface area contributed by atoms with Crippen LogP contribution >= 0.6 is 12.0 Å². The van der Waals surface area contributed by atoms with Gasteiger partial charge in [-0.3, -0.25) is 15.0 Å². The van der Waals surface area contributed by atoms with Crippen molar-refractivity contribution in [1.29, 1.82) is 0 Å². The topological polar surface area (TPSA) is 366 Å². The van der Waals surface area contributed by atoms with Crippen LogP contribution in [-0.4, -0.2) is 88.0 Å². The molecule has 1 unspecified atom stereocenters. The SMILES string of the molecule is O=S(=O)([O-])c1ccc(-c2ccc(-c3nncc(-c4ccc(SOO[O-])cc4)n3)nc2)cc1.O=S([O-])Oc1ccc(-c2ccnc(-c3nnc(-c4ccc(S(=O)(=O)[O-])cc4)c(-c4ccc(S(=O)(=O)[O-])cc4)n3)c2)cc1.[Na+].[Na+].[Na+].[Na+].[Na+]. The summed E-state index contributed by atoms with van der Waals surface area (Å²) in [6.07, 6.45) is 4.62. The summed E-state index contributed by atoms with van der Waals surface area (Å²) in [6, 6.07) is 35.6. The van der Waals surface area contributed by atoms with Crippen molar-refractivity contribution in [2.45, 2.75) is 19.6 Å². The third-order valence-electron chi connectivity index (χ3n) is 10.2. The summed E-state index contributed by atoms with van der Waals surface area (Å²) in [7, 11) is -13.9. The van der Waals surface area contributed by atoms with Crippen molar-refractivity contribution in [1.82, 2.24) is 40.3 Å². The van der Waals surface area contributed by atoms with Crippen molar-refractivity contribution >= 4 is 53.8 Å². The van der Waals surface area contributed by atoms with Gasteiger partial charge in [-0.2, -0.15) is 9.43 Å². The molecule has 0 fully saturated rings. The number of nitrogens with zero attached hydrogens (tertiary/aromatic N) is 8. The van der Waals surface area contributed by atoms with E-state index in [4.69, 9.17) is 0 Å². The molecule has 376 valence electrons. The van der Waals surface area contributed by atoms with Crippen LogP contribution < -0.4 is 157 Å². The minimum absolute atomic E-state index is 0. The molecule has 0 saturated heterocycles. The largest absolute Gasteiger partial charge is 1.00 e. The summed E-state index contributed by atoms with van der Waals surface area (Å²) in [5, 5.41) is 29.7. The van der Waals surface area contributed by atoms with Gasteiger partial charge in [0.1, 0.15) is 70.2 Å². The van der Waals surface area contributed by atoms with Crippen LogP contribution in [0.3, 0.4) is 0 Å². The van der Waals surface area contributed by atoms with Crippen molar-refractivity contribution in [2.24, 2.45) is 0 Å². The number of benzene rings is 5. The van der Waals surface area contributed by atoms with E-state index in [1.54, 1.807) is 66.9 Å². The molecule has 23 nitrogen and oxygen atoms in total. The van der Waals surface area contributed by atoms with E-state index in [9.17, 15) is 52.9 Å². The predicted octanol–water partition coefficient (Wildman–Crippen LogP) is -9.66. The van der Waals surface area contributed by atoms with Crippen LogP contribution in [0.2, 0.25) is 0 Å². The van der Waals surface area contributed by atoms with Crippen LogP contribution in [0.1, 0.15) is 0 Å². The molecule has 33 heteroatoms. The number of pyridine rings is 2. The van der Waals surface area contributed by atoms with Gasteiger partial charge in [-0.25, -0.2) is 39.4 Å². The third kappa shape index (κ3) is 19.4. The van der Waals surface area contributed by atoms with Gasteiger partial charge >= 0.3 is 148 Å². The summed E-state index contributed by atoms with van der Waals surface area (Å²) in [5.74, 6) is 0.533. The van der Waals surface area contributed by atoms with E-state index in [0.29, 0.717) is 55.6 Å². The average molecular weight is 1210 g/mol. The van der Waals surface area contributed by atoms with Crippen LogP contribution in [-0.2, 0) is 51.1 Å². The predicted molar refractivity (Wildman–Crippen MR) is 255 cm³/mol. The molecule has 4 aromatic heterocycles. The zero-order chi connectivity index (χ0) is 52.6. The zero-order valence-corrected chi connectivity index (χ0v) is 55.9. The van der Waals surface area contributed by atoms with E-state index in [0.717, 1.165) is 47.4 Å². The zero-order valence-electron chi connectivity index (χ0n) is 41.8. The Bertz CT molecular complexity index is 3860. The fraction of sp³-hybridized carbons (Fsp3) is 0. The van der Waals surface area contributed by atoms with Crippen molar-refractivity contribution in [3.63, 3.8) is 0 Å².